The largest absolute Gasteiger partial charge is 0.478 e. The van der Waals surface area contributed by atoms with E-state index in [1.165, 1.54) is 11.1 Å². The number of nitrogens with zero attached hydrogens (tertiary/aromatic N) is 1. The Balaban J connectivity index is 2.85. The number of rotatable bonds is 5. The molecule has 0 spiro atoms. The summed E-state index contributed by atoms with van der Waals surface area (Å²) in [7, 11) is 0. The zero-order chi connectivity index (χ0) is 17.4. The molecule has 1 N–H and O–H groups in total. The van der Waals surface area contributed by atoms with Crippen molar-refractivity contribution in [3.8, 4) is 0 Å². The molecule has 3 heteroatoms. The first kappa shape index (κ1) is 17.6. The van der Waals surface area contributed by atoms with Gasteiger partial charge in [0.05, 0.1) is 11.1 Å². The molecule has 126 valence electrons. The van der Waals surface area contributed by atoms with E-state index in [4.69, 9.17) is 0 Å². The molecule has 0 aliphatic carbocycles. The molecule has 0 saturated carbocycles. The zero-order valence-corrected chi connectivity index (χ0v) is 15.2. The van der Waals surface area contributed by atoms with Crippen LogP contribution in [-0.4, -0.2) is 15.6 Å². The van der Waals surface area contributed by atoms with Crippen molar-refractivity contribution >= 4 is 16.9 Å². The Morgan fingerprint density at radius 1 is 1.26 bits per heavy atom. The van der Waals surface area contributed by atoms with Crippen LogP contribution in [-0.2, 0) is 12.0 Å². The number of aryl methyl sites for hydroxylation is 1. The van der Waals surface area contributed by atoms with Crippen LogP contribution in [0.5, 0.6) is 0 Å². The van der Waals surface area contributed by atoms with Crippen molar-refractivity contribution in [1.29, 1.82) is 0 Å². The highest BCUT2D eigenvalue weighted by atomic mass is 16.4. The van der Waals surface area contributed by atoms with Gasteiger partial charge in [-0.25, -0.2) is 4.79 Å². The van der Waals surface area contributed by atoms with Gasteiger partial charge in [-0.15, -0.1) is 0 Å². The molecule has 2 aromatic rings. The van der Waals surface area contributed by atoms with E-state index in [0.717, 1.165) is 30.3 Å². The second kappa shape index (κ2) is 6.38. The van der Waals surface area contributed by atoms with Gasteiger partial charge in [-0.3, -0.25) is 0 Å². The molecule has 1 aromatic carbocycles. The van der Waals surface area contributed by atoms with E-state index in [1.807, 2.05) is 12.1 Å². The van der Waals surface area contributed by atoms with Gasteiger partial charge in [0.15, 0.2) is 0 Å². The summed E-state index contributed by atoms with van der Waals surface area (Å²) in [4.78, 5) is 11.6. The topological polar surface area (TPSA) is 42.2 Å². The summed E-state index contributed by atoms with van der Waals surface area (Å²) in [6, 6.07) is 3.71. The van der Waals surface area contributed by atoms with Gasteiger partial charge in [0.25, 0.3) is 0 Å². The Morgan fingerprint density at radius 3 is 2.39 bits per heavy atom. The predicted molar refractivity (Wildman–Crippen MR) is 96.6 cm³/mol. The van der Waals surface area contributed by atoms with Crippen molar-refractivity contribution in [2.45, 2.75) is 72.3 Å². The first-order valence-corrected chi connectivity index (χ1v) is 8.57. The molecule has 0 unspecified atom stereocenters. The Kier molecular flexibility index (Phi) is 4.88. The van der Waals surface area contributed by atoms with Crippen LogP contribution < -0.4 is 0 Å². The van der Waals surface area contributed by atoms with Crippen molar-refractivity contribution in [1.82, 2.24) is 4.57 Å². The van der Waals surface area contributed by atoms with Crippen LogP contribution in [0.3, 0.4) is 0 Å². The molecule has 0 amide bonds. The van der Waals surface area contributed by atoms with Gasteiger partial charge < -0.3 is 9.67 Å². The molecule has 0 fully saturated rings. The van der Waals surface area contributed by atoms with Gasteiger partial charge in [-0.2, -0.15) is 0 Å². The van der Waals surface area contributed by atoms with E-state index in [2.05, 4.69) is 52.3 Å². The minimum Gasteiger partial charge on any atom is -0.478 e. The third-order valence-corrected chi connectivity index (χ3v) is 4.43. The fraction of sp³-hybridized carbons (Fsp3) is 0.550. The first-order chi connectivity index (χ1) is 10.7. The number of carboxylic acid groups (broad SMARTS) is 1. The number of aromatic carboxylic acids is 1. The summed E-state index contributed by atoms with van der Waals surface area (Å²) in [5, 5.41) is 10.6. The average Bonchev–Trinajstić information content (AvgIpc) is 2.81. The van der Waals surface area contributed by atoms with Crippen LogP contribution >= 0.6 is 0 Å². The molecular formula is C20H29NO2. The summed E-state index contributed by atoms with van der Waals surface area (Å²) in [5.41, 5.74) is 3.86. The van der Waals surface area contributed by atoms with Crippen LogP contribution in [0.2, 0.25) is 0 Å². The number of fused-ring (bicyclic) bond motifs is 1. The first-order valence-electron chi connectivity index (χ1n) is 8.57. The van der Waals surface area contributed by atoms with Crippen molar-refractivity contribution in [2.75, 3.05) is 0 Å². The molecule has 0 radical (unpaired) electrons. The monoisotopic (exact) mass is 315 g/mol. The molecular weight excluding hydrogens is 286 g/mol. The van der Waals surface area contributed by atoms with Gasteiger partial charge in [0.2, 0.25) is 0 Å². The lowest BCUT2D eigenvalue weighted by Gasteiger charge is -2.22. The average molecular weight is 315 g/mol. The van der Waals surface area contributed by atoms with Gasteiger partial charge in [0.1, 0.15) is 0 Å². The Bertz CT molecular complexity index is 717. The lowest BCUT2D eigenvalue weighted by molar-refractivity contribution is 0.0697. The Hall–Kier alpha value is -1.77. The van der Waals surface area contributed by atoms with E-state index < -0.39 is 5.97 Å². The maximum atomic E-state index is 11.6. The highest BCUT2D eigenvalue weighted by molar-refractivity contribution is 5.97. The Labute approximate surface area is 139 Å². The molecule has 0 aliphatic rings. The normalized spacial score (nSPS) is 12.3. The Morgan fingerprint density at radius 2 is 1.91 bits per heavy atom. The van der Waals surface area contributed by atoms with E-state index in [-0.39, 0.29) is 5.41 Å². The number of unbranched alkanes of at least 4 members (excludes halogenated alkanes) is 1. The van der Waals surface area contributed by atoms with Crippen LogP contribution in [0, 0.1) is 0 Å². The summed E-state index contributed by atoms with van der Waals surface area (Å²) >= 11 is 0. The molecule has 0 aliphatic heterocycles. The molecule has 0 bridgehead atoms. The quantitative estimate of drug-likeness (QED) is 0.784. The van der Waals surface area contributed by atoms with Crippen molar-refractivity contribution < 1.29 is 9.90 Å². The zero-order valence-electron chi connectivity index (χ0n) is 15.2. The van der Waals surface area contributed by atoms with Gasteiger partial charge in [0, 0.05) is 18.1 Å². The minimum absolute atomic E-state index is 0.0969. The summed E-state index contributed by atoms with van der Waals surface area (Å²) in [6.07, 6.45) is 4.51. The van der Waals surface area contributed by atoms with E-state index in [9.17, 15) is 9.90 Å². The highest BCUT2D eigenvalue weighted by Crippen LogP contribution is 2.36. The maximum absolute atomic E-state index is 11.6. The third-order valence-electron chi connectivity index (χ3n) is 4.43. The maximum Gasteiger partial charge on any atom is 0.335 e. The van der Waals surface area contributed by atoms with Crippen LogP contribution in [0.4, 0.5) is 0 Å². The standard InChI is InChI=1S/C20H29NO2/c1-7-8-9-21-12-16(13(2)3)15-10-14(19(22)23)11-17(18(15)21)20(4,5)6/h10-13H,7-9H2,1-6H3,(H,22,23). The molecule has 3 nitrogen and oxygen atoms in total. The summed E-state index contributed by atoms with van der Waals surface area (Å²) < 4.78 is 2.33. The molecule has 1 aromatic heterocycles. The molecule has 2 rings (SSSR count). The highest BCUT2D eigenvalue weighted by Gasteiger charge is 2.24. The molecule has 0 atom stereocenters. The van der Waals surface area contributed by atoms with Crippen LogP contribution in [0.15, 0.2) is 18.3 Å². The molecule has 23 heavy (non-hydrogen) atoms. The number of aromatic nitrogens is 1. The fourth-order valence-corrected chi connectivity index (χ4v) is 3.13. The van der Waals surface area contributed by atoms with Gasteiger partial charge >= 0.3 is 5.97 Å². The lowest BCUT2D eigenvalue weighted by atomic mass is 9.84. The van der Waals surface area contributed by atoms with Gasteiger partial charge in [-0.1, -0.05) is 48.0 Å². The number of carboxylic acids is 1. The molecule has 0 saturated heterocycles. The minimum atomic E-state index is -0.853. The summed E-state index contributed by atoms with van der Waals surface area (Å²) in [5.74, 6) is -0.481. The predicted octanol–water partition coefficient (Wildman–Crippen LogP) is 5.56. The van der Waals surface area contributed by atoms with Crippen molar-refractivity contribution in [3.05, 3.63) is 35.0 Å². The second-order valence-corrected chi connectivity index (χ2v) is 7.76. The second-order valence-electron chi connectivity index (χ2n) is 7.76. The third kappa shape index (κ3) is 3.44. The van der Waals surface area contributed by atoms with Crippen LogP contribution in [0.25, 0.3) is 10.9 Å². The fourth-order valence-electron chi connectivity index (χ4n) is 3.13. The number of hydrogen-bond donors (Lipinski definition) is 1. The summed E-state index contributed by atoms with van der Waals surface area (Å²) in [6.45, 7) is 14.0. The van der Waals surface area contributed by atoms with Crippen molar-refractivity contribution in [2.24, 2.45) is 0 Å². The SMILES string of the molecule is CCCCn1cc(C(C)C)c2cc(C(=O)O)cc(C(C)(C)C)c21. The van der Waals surface area contributed by atoms with Gasteiger partial charge in [-0.05, 0) is 41.0 Å². The number of hydrogen-bond acceptors (Lipinski definition) is 1. The number of carbonyl (C=O) groups is 1. The van der Waals surface area contributed by atoms with E-state index in [1.54, 1.807) is 0 Å². The van der Waals surface area contributed by atoms with E-state index >= 15 is 0 Å². The van der Waals surface area contributed by atoms with Crippen molar-refractivity contribution in [3.63, 3.8) is 0 Å². The molecule has 1 heterocycles. The smallest absolute Gasteiger partial charge is 0.335 e. The lowest BCUT2D eigenvalue weighted by Crippen LogP contribution is -2.15. The number of benzene rings is 1. The van der Waals surface area contributed by atoms with E-state index in [0.29, 0.717) is 11.5 Å². The van der Waals surface area contributed by atoms with Crippen LogP contribution in [0.1, 0.15) is 81.8 Å².